The summed E-state index contributed by atoms with van der Waals surface area (Å²) in [5.41, 5.74) is 4.98. The standard InChI is InChI=1S/C13H25NO2/c1-4-12(3,10-14)11(15)16-13(5-2)8-6-7-9-13/h4-10,14H2,1-3H3. The van der Waals surface area contributed by atoms with Gasteiger partial charge in [0.1, 0.15) is 5.60 Å². The van der Waals surface area contributed by atoms with Gasteiger partial charge in [-0.2, -0.15) is 0 Å². The van der Waals surface area contributed by atoms with Crippen LogP contribution in [0.25, 0.3) is 0 Å². The van der Waals surface area contributed by atoms with Crippen molar-refractivity contribution >= 4 is 5.97 Å². The van der Waals surface area contributed by atoms with Gasteiger partial charge < -0.3 is 10.5 Å². The Kier molecular flexibility index (Phi) is 4.36. The third-order valence-electron chi connectivity index (χ3n) is 4.19. The van der Waals surface area contributed by atoms with Crippen LogP contribution in [0.15, 0.2) is 0 Å². The maximum atomic E-state index is 12.1. The lowest BCUT2D eigenvalue weighted by Crippen LogP contribution is -2.42. The van der Waals surface area contributed by atoms with E-state index in [1.807, 2.05) is 13.8 Å². The lowest BCUT2D eigenvalue weighted by molar-refractivity contribution is -0.171. The first-order chi connectivity index (χ1) is 7.52. The number of ether oxygens (including phenoxy) is 1. The second-order valence-corrected chi connectivity index (χ2v) is 5.25. The molecule has 0 saturated heterocycles. The second-order valence-electron chi connectivity index (χ2n) is 5.25. The fourth-order valence-electron chi connectivity index (χ4n) is 2.24. The molecule has 0 heterocycles. The van der Waals surface area contributed by atoms with Crippen molar-refractivity contribution in [2.45, 2.75) is 64.9 Å². The minimum absolute atomic E-state index is 0.110. The van der Waals surface area contributed by atoms with Gasteiger partial charge in [0.2, 0.25) is 0 Å². The van der Waals surface area contributed by atoms with Crippen LogP contribution >= 0.6 is 0 Å². The summed E-state index contributed by atoms with van der Waals surface area (Å²) in [4.78, 5) is 12.1. The van der Waals surface area contributed by atoms with Crippen LogP contribution in [0.1, 0.15) is 59.3 Å². The molecule has 0 aromatic rings. The van der Waals surface area contributed by atoms with Crippen LogP contribution in [0.3, 0.4) is 0 Å². The van der Waals surface area contributed by atoms with Crippen molar-refractivity contribution in [1.29, 1.82) is 0 Å². The van der Waals surface area contributed by atoms with Crippen molar-refractivity contribution in [2.24, 2.45) is 11.1 Å². The molecule has 1 fully saturated rings. The van der Waals surface area contributed by atoms with Gasteiger partial charge in [0.25, 0.3) is 0 Å². The van der Waals surface area contributed by atoms with Gasteiger partial charge in [0, 0.05) is 6.54 Å². The molecule has 0 aromatic heterocycles. The van der Waals surface area contributed by atoms with E-state index in [0.29, 0.717) is 6.54 Å². The first-order valence-corrected chi connectivity index (χ1v) is 6.45. The van der Waals surface area contributed by atoms with Crippen LogP contribution in [-0.4, -0.2) is 18.1 Å². The Bertz CT molecular complexity index is 240. The number of esters is 1. The van der Waals surface area contributed by atoms with E-state index in [4.69, 9.17) is 10.5 Å². The molecule has 0 amide bonds. The first-order valence-electron chi connectivity index (χ1n) is 6.45. The zero-order valence-corrected chi connectivity index (χ0v) is 10.8. The molecule has 1 unspecified atom stereocenters. The van der Waals surface area contributed by atoms with Gasteiger partial charge >= 0.3 is 5.97 Å². The zero-order valence-electron chi connectivity index (χ0n) is 10.8. The minimum atomic E-state index is -0.509. The molecule has 0 bridgehead atoms. The van der Waals surface area contributed by atoms with Gasteiger partial charge in [-0.05, 0) is 45.4 Å². The number of carbonyl (C=O) groups is 1. The molecular formula is C13H25NO2. The molecule has 16 heavy (non-hydrogen) atoms. The molecule has 0 radical (unpaired) electrons. The Hall–Kier alpha value is -0.570. The number of rotatable bonds is 5. The normalized spacial score (nSPS) is 22.8. The number of nitrogens with two attached hydrogens (primary N) is 1. The Morgan fingerprint density at radius 3 is 2.31 bits per heavy atom. The molecule has 1 saturated carbocycles. The summed E-state index contributed by atoms with van der Waals surface area (Å²) in [5.74, 6) is -0.110. The molecule has 0 spiro atoms. The van der Waals surface area contributed by atoms with Crippen molar-refractivity contribution < 1.29 is 9.53 Å². The first kappa shape index (κ1) is 13.5. The maximum Gasteiger partial charge on any atom is 0.313 e. The van der Waals surface area contributed by atoms with Crippen molar-refractivity contribution in [3.8, 4) is 0 Å². The molecule has 94 valence electrons. The van der Waals surface area contributed by atoms with Crippen molar-refractivity contribution in [3.63, 3.8) is 0 Å². The summed E-state index contributed by atoms with van der Waals surface area (Å²) in [7, 11) is 0. The smallest absolute Gasteiger partial charge is 0.313 e. The Labute approximate surface area is 98.7 Å². The third-order valence-corrected chi connectivity index (χ3v) is 4.19. The topological polar surface area (TPSA) is 52.3 Å². The zero-order chi connectivity index (χ0) is 12.2. The summed E-state index contributed by atoms with van der Waals surface area (Å²) in [6.45, 7) is 6.35. The van der Waals surface area contributed by atoms with Gasteiger partial charge in [-0.25, -0.2) is 0 Å². The highest BCUT2D eigenvalue weighted by Crippen LogP contribution is 2.38. The van der Waals surface area contributed by atoms with Crippen LogP contribution < -0.4 is 5.73 Å². The van der Waals surface area contributed by atoms with E-state index in [1.54, 1.807) is 0 Å². The number of hydrogen-bond donors (Lipinski definition) is 1. The van der Waals surface area contributed by atoms with E-state index < -0.39 is 5.41 Å². The monoisotopic (exact) mass is 227 g/mol. The van der Waals surface area contributed by atoms with Gasteiger partial charge in [0.15, 0.2) is 0 Å². The molecular weight excluding hydrogens is 202 g/mol. The van der Waals surface area contributed by atoms with E-state index in [1.165, 1.54) is 12.8 Å². The molecule has 3 heteroatoms. The lowest BCUT2D eigenvalue weighted by Gasteiger charge is -2.33. The maximum absolute atomic E-state index is 12.1. The van der Waals surface area contributed by atoms with E-state index >= 15 is 0 Å². The van der Waals surface area contributed by atoms with Crippen LogP contribution in [0.2, 0.25) is 0 Å². The molecule has 1 aliphatic rings. The summed E-state index contributed by atoms with van der Waals surface area (Å²) < 4.78 is 5.78. The predicted octanol–water partition coefficient (Wildman–Crippen LogP) is 2.63. The van der Waals surface area contributed by atoms with Crippen LogP contribution in [0.4, 0.5) is 0 Å². The average Bonchev–Trinajstić information content (AvgIpc) is 2.77. The molecule has 0 aromatic carbocycles. The van der Waals surface area contributed by atoms with Gasteiger partial charge in [0.05, 0.1) is 5.41 Å². The fourth-order valence-corrected chi connectivity index (χ4v) is 2.24. The minimum Gasteiger partial charge on any atom is -0.459 e. The van der Waals surface area contributed by atoms with Crippen molar-refractivity contribution in [2.75, 3.05) is 6.54 Å². The van der Waals surface area contributed by atoms with Crippen molar-refractivity contribution in [3.05, 3.63) is 0 Å². The van der Waals surface area contributed by atoms with Crippen LogP contribution in [-0.2, 0) is 9.53 Å². The molecule has 0 aliphatic heterocycles. The van der Waals surface area contributed by atoms with Crippen LogP contribution in [0.5, 0.6) is 0 Å². The predicted molar refractivity (Wildman–Crippen MR) is 65.0 cm³/mol. The second kappa shape index (κ2) is 5.17. The molecule has 3 nitrogen and oxygen atoms in total. The number of hydrogen-bond acceptors (Lipinski definition) is 3. The van der Waals surface area contributed by atoms with E-state index in [9.17, 15) is 4.79 Å². The quantitative estimate of drug-likeness (QED) is 0.735. The summed E-state index contributed by atoms with van der Waals surface area (Å²) >= 11 is 0. The Morgan fingerprint density at radius 1 is 1.38 bits per heavy atom. The van der Waals surface area contributed by atoms with Gasteiger partial charge in [-0.15, -0.1) is 0 Å². The average molecular weight is 227 g/mol. The molecule has 1 aliphatic carbocycles. The van der Waals surface area contributed by atoms with Gasteiger partial charge in [-0.1, -0.05) is 13.8 Å². The Morgan fingerprint density at radius 2 is 1.94 bits per heavy atom. The fraction of sp³-hybridized carbons (Fsp3) is 0.923. The highest BCUT2D eigenvalue weighted by Gasteiger charge is 2.40. The Balaban J connectivity index is 2.68. The SMILES string of the molecule is CCC1(OC(=O)C(C)(CC)CN)CCCC1. The molecule has 2 N–H and O–H groups in total. The largest absolute Gasteiger partial charge is 0.459 e. The lowest BCUT2D eigenvalue weighted by atomic mass is 9.87. The van der Waals surface area contributed by atoms with Crippen molar-refractivity contribution in [1.82, 2.24) is 0 Å². The summed E-state index contributed by atoms with van der Waals surface area (Å²) in [6, 6.07) is 0. The van der Waals surface area contributed by atoms with Crippen LogP contribution in [0, 0.1) is 5.41 Å². The third kappa shape index (κ3) is 2.57. The molecule has 1 atom stereocenters. The summed E-state index contributed by atoms with van der Waals surface area (Å²) in [5, 5.41) is 0. The summed E-state index contributed by atoms with van der Waals surface area (Å²) in [6.07, 6.45) is 6.03. The van der Waals surface area contributed by atoms with E-state index in [2.05, 4.69) is 6.92 Å². The highest BCUT2D eigenvalue weighted by molar-refractivity contribution is 5.77. The van der Waals surface area contributed by atoms with E-state index in [-0.39, 0.29) is 11.6 Å². The highest BCUT2D eigenvalue weighted by atomic mass is 16.6. The molecule has 1 rings (SSSR count). The number of carbonyl (C=O) groups excluding carboxylic acids is 1. The van der Waals surface area contributed by atoms with Gasteiger partial charge in [-0.3, -0.25) is 4.79 Å². The van der Waals surface area contributed by atoms with E-state index in [0.717, 1.165) is 25.7 Å².